The second-order valence-corrected chi connectivity index (χ2v) is 25.7. The standard InChI is InChI=1S/C76H139NO10/c1-4-7-10-13-16-19-22-25-27-29-31-32-33-34-35-36-37-38-39-41-43-46-49-52-55-58-61-64-71(81)87-74-73(83)72(82)70(65-78)86-76(74)85-66-67(68(79)62-59-56-53-50-47-44-24-21-18-15-12-9-6-3)77-75(84)69(80)63-60-57-54-51-48-45-42-40-30-28-26-23-20-17-14-11-8-5-2/h17,20,26,28,40,42,48,51,59,62,67-70,72-74,76,78-80,82-83H,4-16,18-19,21-25,27,29-39,41,43-47,49-50,52-58,60-61,63-66H2,1-3H3,(H,77,84)/b20-17-,28-26-,42-40-,51-48-,62-59+. The molecule has 0 aromatic carbocycles. The number of amides is 1. The van der Waals surface area contributed by atoms with E-state index in [-0.39, 0.29) is 19.4 Å². The molecule has 0 bridgehead atoms. The molecule has 0 aromatic heterocycles. The Balaban J connectivity index is 2.55. The average molecular weight is 1230 g/mol. The van der Waals surface area contributed by atoms with Crippen LogP contribution in [0, 0.1) is 0 Å². The Kier molecular flexibility index (Phi) is 60.1. The van der Waals surface area contributed by atoms with E-state index in [2.05, 4.69) is 74.7 Å². The minimum absolute atomic E-state index is 0.123. The van der Waals surface area contributed by atoms with E-state index >= 15 is 0 Å². The van der Waals surface area contributed by atoms with Crippen molar-refractivity contribution in [3.8, 4) is 0 Å². The molecule has 0 aromatic rings. The lowest BCUT2D eigenvalue weighted by Gasteiger charge is -2.41. The molecule has 1 saturated heterocycles. The van der Waals surface area contributed by atoms with Crippen LogP contribution in [0.4, 0.5) is 0 Å². The van der Waals surface area contributed by atoms with E-state index in [1.54, 1.807) is 6.08 Å². The summed E-state index contributed by atoms with van der Waals surface area (Å²) in [5.74, 6) is -1.21. The lowest BCUT2D eigenvalue weighted by Crippen LogP contribution is -2.61. The Morgan fingerprint density at radius 3 is 1.21 bits per heavy atom. The van der Waals surface area contributed by atoms with Crippen LogP contribution < -0.4 is 5.32 Å². The van der Waals surface area contributed by atoms with Crippen LogP contribution in [0.25, 0.3) is 0 Å². The molecule has 1 fully saturated rings. The quantitative estimate of drug-likeness (QED) is 0.0195. The fourth-order valence-electron chi connectivity index (χ4n) is 11.6. The summed E-state index contributed by atoms with van der Waals surface area (Å²) in [7, 11) is 0. The van der Waals surface area contributed by atoms with Gasteiger partial charge in [-0.15, -0.1) is 0 Å². The highest BCUT2D eigenvalue weighted by Crippen LogP contribution is 2.26. The van der Waals surface area contributed by atoms with E-state index in [0.717, 1.165) is 77.0 Å². The molecule has 8 atom stereocenters. The van der Waals surface area contributed by atoms with Gasteiger partial charge in [0.25, 0.3) is 0 Å². The predicted octanol–water partition coefficient (Wildman–Crippen LogP) is 19.3. The normalized spacial score (nSPS) is 18.6. The van der Waals surface area contributed by atoms with Crippen molar-refractivity contribution in [1.82, 2.24) is 5.32 Å². The number of carbonyl (C=O) groups is 2. The number of rotatable bonds is 64. The SMILES string of the molecule is CCCCC/C=C\C/C=C\C/C=C\C/C=C\CCCCC(O)C(=O)NC(COC1OC(CO)C(O)C(O)C1OC(=O)CCCCCCCCCCCCCCCCCCCCCCCCCCCCC)C(O)/C=C/CCCCCCCCCCCCC. The van der Waals surface area contributed by atoms with Gasteiger partial charge in [0.15, 0.2) is 12.4 Å². The molecule has 87 heavy (non-hydrogen) atoms. The number of hydrogen-bond acceptors (Lipinski definition) is 10. The molecule has 0 saturated carbocycles. The van der Waals surface area contributed by atoms with Crippen LogP contribution in [-0.2, 0) is 23.8 Å². The monoisotopic (exact) mass is 1230 g/mol. The van der Waals surface area contributed by atoms with Gasteiger partial charge in [0.1, 0.15) is 24.4 Å². The molecule has 1 aliphatic rings. The van der Waals surface area contributed by atoms with Crippen LogP contribution in [0.5, 0.6) is 0 Å². The number of carbonyl (C=O) groups excluding carboxylic acids is 2. The molecule has 11 heteroatoms. The van der Waals surface area contributed by atoms with Gasteiger partial charge in [-0.05, 0) is 70.6 Å². The third-order valence-electron chi connectivity index (χ3n) is 17.4. The molecule has 508 valence electrons. The van der Waals surface area contributed by atoms with Gasteiger partial charge < -0.3 is 45.1 Å². The Hall–Kier alpha value is -2.64. The van der Waals surface area contributed by atoms with Crippen LogP contribution in [0.1, 0.15) is 348 Å². The zero-order valence-electron chi connectivity index (χ0n) is 56.6. The Bertz CT molecular complexity index is 1650. The number of allylic oxidation sites excluding steroid dienone is 9. The number of unbranched alkanes of at least 4 members (excludes halogenated alkanes) is 42. The minimum Gasteiger partial charge on any atom is -0.454 e. The predicted molar refractivity (Wildman–Crippen MR) is 366 cm³/mol. The van der Waals surface area contributed by atoms with E-state index < -0.39 is 67.4 Å². The fraction of sp³-hybridized carbons (Fsp3) is 0.842. The topological polar surface area (TPSA) is 175 Å². The average Bonchev–Trinajstić information content (AvgIpc) is 2.75. The van der Waals surface area contributed by atoms with Crippen LogP contribution in [0.3, 0.4) is 0 Å². The van der Waals surface area contributed by atoms with Crippen molar-refractivity contribution in [2.24, 2.45) is 0 Å². The van der Waals surface area contributed by atoms with Crippen molar-refractivity contribution in [3.63, 3.8) is 0 Å². The highest BCUT2D eigenvalue weighted by atomic mass is 16.7. The first-order valence-corrected chi connectivity index (χ1v) is 37.1. The smallest absolute Gasteiger partial charge is 0.306 e. The van der Waals surface area contributed by atoms with Gasteiger partial charge >= 0.3 is 5.97 Å². The summed E-state index contributed by atoms with van der Waals surface area (Å²) in [5, 5.41) is 57.2. The Morgan fingerprint density at radius 2 is 0.793 bits per heavy atom. The third-order valence-corrected chi connectivity index (χ3v) is 17.4. The molecular weight excluding hydrogens is 1090 g/mol. The molecule has 0 spiro atoms. The lowest BCUT2D eigenvalue weighted by atomic mass is 9.99. The zero-order valence-corrected chi connectivity index (χ0v) is 56.6. The van der Waals surface area contributed by atoms with Gasteiger partial charge in [0.2, 0.25) is 5.91 Å². The van der Waals surface area contributed by atoms with E-state index in [0.29, 0.717) is 12.8 Å². The minimum atomic E-state index is -1.62. The number of aliphatic hydroxyl groups is 5. The van der Waals surface area contributed by atoms with Gasteiger partial charge in [0, 0.05) is 6.42 Å². The molecule has 0 aliphatic carbocycles. The summed E-state index contributed by atoms with van der Waals surface area (Å²) in [5.41, 5.74) is 0. The third kappa shape index (κ3) is 50.7. The summed E-state index contributed by atoms with van der Waals surface area (Å²) in [4.78, 5) is 26.7. The molecular formula is C76H139NO10. The van der Waals surface area contributed by atoms with E-state index in [9.17, 15) is 35.1 Å². The van der Waals surface area contributed by atoms with Crippen LogP contribution in [0.15, 0.2) is 60.8 Å². The largest absolute Gasteiger partial charge is 0.454 e. The van der Waals surface area contributed by atoms with Crippen molar-refractivity contribution < 1.29 is 49.3 Å². The Labute approximate surface area is 535 Å². The summed E-state index contributed by atoms with van der Waals surface area (Å²) >= 11 is 0. The van der Waals surface area contributed by atoms with Crippen molar-refractivity contribution in [2.45, 2.75) is 397 Å². The second-order valence-electron chi connectivity index (χ2n) is 25.7. The number of aliphatic hydroxyl groups excluding tert-OH is 5. The number of ether oxygens (including phenoxy) is 3. The lowest BCUT2D eigenvalue weighted by molar-refractivity contribution is -0.305. The van der Waals surface area contributed by atoms with Crippen molar-refractivity contribution in [2.75, 3.05) is 13.2 Å². The molecule has 1 aliphatic heterocycles. The first kappa shape index (κ1) is 82.4. The highest BCUT2D eigenvalue weighted by Gasteiger charge is 2.47. The number of esters is 1. The van der Waals surface area contributed by atoms with Gasteiger partial charge in [0.05, 0.1) is 25.4 Å². The molecule has 8 unspecified atom stereocenters. The molecule has 1 amide bonds. The molecule has 6 N–H and O–H groups in total. The summed E-state index contributed by atoms with van der Waals surface area (Å²) < 4.78 is 17.7. The molecule has 1 rings (SSSR count). The summed E-state index contributed by atoms with van der Waals surface area (Å²) in [6.07, 6.45) is 71.3. The molecule has 11 nitrogen and oxygen atoms in total. The Morgan fingerprint density at radius 1 is 0.448 bits per heavy atom. The number of nitrogens with one attached hydrogen (secondary N) is 1. The first-order valence-electron chi connectivity index (χ1n) is 37.1. The fourth-order valence-corrected chi connectivity index (χ4v) is 11.6. The van der Waals surface area contributed by atoms with Crippen molar-refractivity contribution >= 4 is 11.9 Å². The number of hydrogen-bond donors (Lipinski definition) is 6. The summed E-state index contributed by atoms with van der Waals surface area (Å²) in [6, 6.07) is -1.04. The second kappa shape index (κ2) is 63.5. The summed E-state index contributed by atoms with van der Waals surface area (Å²) in [6.45, 7) is 5.79. The van der Waals surface area contributed by atoms with E-state index in [1.807, 2.05) is 6.08 Å². The maximum absolute atomic E-state index is 13.5. The van der Waals surface area contributed by atoms with Gasteiger partial charge in [-0.25, -0.2) is 0 Å². The molecule has 0 radical (unpaired) electrons. The van der Waals surface area contributed by atoms with Gasteiger partial charge in [-0.1, -0.05) is 332 Å². The van der Waals surface area contributed by atoms with Crippen molar-refractivity contribution in [3.05, 3.63) is 60.8 Å². The van der Waals surface area contributed by atoms with E-state index in [1.165, 1.54) is 225 Å². The molecule has 1 heterocycles. The maximum Gasteiger partial charge on any atom is 0.306 e. The van der Waals surface area contributed by atoms with Crippen LogP contribution >= 0.6 is 0 Å². The first-order chi connectivity index (χ1) is 42.7. The van der Waals surface area contributed by atoms with Crippen LogP contribution in [0.2, 0.25) is 0 Å². The van der Waals surface area contributed by atoms with Gasteiger partial charge in [-0.3, -0.25) is 9.59 Å². The zero-order chi connectivity index (χ0) is 63.1. The highest BCUT2D eigenvalue weighted by molar-refractivity contribution is 5.80. The van der Waals surface area contributed by atoms with E-state index in [4.69, 9.17) is 14.2 Å². The van der Waals surface area contributed by atoms with Gasteiger partial charge in [-0.2, -0.15) is 0 Å². The van der Waals surface area contributed by atoms with Crippen molar-refractivity contribution in [1.29, 1.82) is 0 Å². The van der Waals surface area contributed by atoms with Crippen LogP contribution in [-0.4, -0.2) is 99.6 Å². The maximum atomic E-state index is 13.5.